The molecule has 0 aliphatic heterocycles. The summed E-state index contributed by atoms with van der Waals surface area (Å²) >= 11 is 1.81. The van der Waals surface area contributed by atoms with Crippen molar-refractivity contribution in [3.05, 3.63) is 213 Å². The van der Waals surface area contributed by atoms with E-state index in [0.717, 1.165) is 0 Å². The maximum absolute atomic E-state index is 3.94. The van der Waals surface area contributed by atoms with Crippen molar-refractivity contribution in [3.8, 4) is 44.5 Å². The Balaban J connectivity index is 0.000000131. The minimum atomic E-state index is 0.0760. The maximum atomic E-state index is 3.94. The topological polar surface area (TPSA) is 0 Å². The van der Waals surface area contributed by atoms with Crippen molar-refractivity contribution in [3.63, 3.8) is 0 Å². The minimum Gasteiger partial charge on any atom is -0.135 e. The Morgan fingerprint density at radius 2 is 1.21 bits per heavy atom. The molecule has 8 aromatic rings. The number of hydrogen-bond acceptors (Lipinski definition) is 1. The van der Waals surface area contributed by atoms with Crippen molar-refractivity contribution in [1.82, 2.24) is 0 Å². The lowest BCUT2D eigenvalue weighted by atomic mass is 9.81. The van der Waals surface area contributed by atoms with Crippen LogP contribution in [0.25, 0.3) is 66.7 Å². The first-order valence-corrected chi connectivity index (χ1v) is 23.5. The van der Waals surface area contributed by atoms with E-state index < -0.39 is 0 Å². The van der Waals surface area contributed by atoms with Crippen LogP contribution in [0.3, 0.4) is 0 Å². The maximum Gasteiger partial charge on any atom is 0.0361 e. The molecular formula is C62H62S. The molecule has 1 heteroatoms. The van der Waals surface area contributed by atoms with Gasteiger partial charge in [0.15, 0.2) is 0 Å². The number of rotatable bonds is 6. The lowest BCUT2D eigenvalue weighted by Gasteiger charge is -2.22. The van der Waals surface area contributed by atoms with Gasteiger partial charge < -0.3 is 0 Å². The summed E-state index contributed by atoms with van der Waals surface area (Å²) in [5, 5.41) is 1.31. The normalized spacial score (nSPS) is 13.6. The number of hydrogen-bond donors (Lipinski definition) is 0. The number of thiophene rings is 1. The van der Waals surface area contributed by atoms with E-state index in [1.807, 2.05) is 6.08 Å². The average Bonchev–Trinajstić information content (AvgIpc) is 3.82. The predicted octanol–water partition coefficient (Wildman–Crippen LogP) is 18.1. The third-order valence-electron chi connectivity index (χ3n) is 13.3. The molecule has 7 aromatic carbocycles. The van der Waals surface area contributed by atoms with Gasteiger partial charge in [-0.2, -0.15) is 0 Å². The van der Waals surface area contributed by atoms with Crippen LogP contribution in [0.1, 0.15) is 108 Å². The SMILES string of the molecule is C=Cc1sc2cc(-c3ccc(C)cc3)ccc2c1/C=C\C.CCCc1ccc2c(c1)C(C)(C)c1ccccc1-2.Cc1cccc(-c2ccc3c(c2)-c2c(C)cc(C)cc2C3(C)C)c1. The van der Waals surface area contributed by atoms with E-state index in [2.05, 4.69) is 227 Å². The van der Waals surface area contributed by atoms with Crippen LogP contribution < -0.4 is 0 Å². The molecule has 1 heterocycles. The summed E-state index contributed by atoms with van der Waals surface area (Å²) in [6, 6.07) is 51.7. The van der Waals surface area contributed by atoms with Gasteiger partial charge in [-0.15, -0.1) is 11.3 Å². The highest BCUT2D eigenvalue weighted by Gasteiger charge is 2.37. The summed E-state index contributed by atoms with van der Waals surface area (Å²) in [7, 11) is 0. The van der Waals surface area contributed by atoms with Crippen molar-refractivity contribution >= 4 is 33.6 Å². The van der Waals surface area contributed by atoms with Crippen molar-refractivity contribution in [2.75, 3.05) is 0 Å². The highest BCUT2D eigenvalue weighted by molar-refractivity contribution is 7.20. The van der Waals surface area contributed by atoms with E-state index in [4.69, 9.17) is 0 Å². The molecule has 2 aliphatic carbocycles. The molecule has 0 spiro atoms. The Morgan fingerprint density at radius 3 is 1.94 bits per heavy atom. The smallest absolute Gasteiger partial charge is 0.0361 e. The zero-order chi connectivity index (χ0) is 44.6. The molecule has 0 nitrogen and oxygen atoms in total. The lowest BCUT2D eigenvalue weighted by molar-refractivity contribution is 0.659. The van der Waals surface area contributed by atoms with E-state index in [9.17, 15) is 0 Å². The molecule has 0 fully saturated rings. The van der Waals surface area contributed by atoms with E-state index >= 15 is 0 Å². The highest BCUT2D eigenvalue weighted by Crippen LogP contribution is 2.52. The van der Waals surface area contributed by atoms with E-state index in [-0.39, 0.29) is 10.8 Å². The second-order valence-corrected chi connectivity index (χ2v) is 19.8. The fourth-order valence-electron chi connectivity index (χ4n) is 10.0. The van der Waals surface area contributed by atoms with Crippen molar-refractivity contribution in [1.29, 1.82) is 0 Å². The molecule has 0 bridgehead atoms. The summed E-state index contributed by atoms with van der Waals surface area (Å²) in [5.74, 6) is 0. The second-order valence-electron chi connectivity index (χ2n) is 18.7. The van der Waals surface area contributed by atoms with Crippen LogP contribution in [0.4, 0.5) is 0 Å². The van der Waals surface area contributed by atoms with Crippen molar-refractivity contribution < 1.29 is 0 Å². The van der Waals surface area contributed by atoms with Crippen LogP contribution >= 0.6 is 11.3 Å². The minimum absolute atomic E-state index is 0.0760. The fraction of sp³-hybridized carbons (Fsp3) is 0.226. The van der Waals surface area contributed by atoms with Crippen LogP contribution in [-0.2, 0) is 17.3 Å². The quantitative estimate of drug-likeness (QED) is 0.156. The van der Waals surface area contributed by atoms with Gasteiger partial charge in [-0.25, -0.2) is 0 Å². The highest BCUT2D eigenvalue weighted by atomic mass is 32.1. The number of benzene rings is 7. The molecule has 0 radical (unpaired) electrons. The first-order chi connectivity index (χ1) is 30.2. The summed E-state index contributed by atoms with van der Waals surface area (Å²) in [5.41, 5.74) is 25.0. The van der Waals surface area contributed by atoms with Gasteiger partial charge in [0.05, 0.1) is 0 Å². The number of aryl methyl sites for hydroxylation is 5. The Bertz CT molecular complexity index is 3010. The van der Waals surface area contributed by atoms with Crippen molar-refractivity contribution in [2.24, 2.45) is 0 Å². The standard InChI is InChI=1S/C24H24.C20H18S.C18H20/c1-15-7-6-8-18(12-15)19-9-10-21-20(14-19)23-17(3)11-16(2)13-22(23)24(21,4)5;1-4-6-17-18-12-11-16(13-20(18)21-19(17)5-2)15-9-7-14(3)8-10-15;1-4-7-13-10-11-15-14-8-5-6-9-16(14)18(2,3)17(15)12-13/h6-14H,1-5H3;4-13H,2H2,1,3H3;5-6,8-12H,4,7H2,1-3H3/b;6-4-;. The van der Waals surface area contributed by atoms with Crippen molar-refractivity contribution in [2.45, 2.75) is 92.9 Å². The van der Waals surface area contributed by atoms with Crippen LogP contribution in [-0.4, -0.2) is 0 Å². The van der Waals surface area contributed by atoms with Gasteiger partial charge in [0.25, 0.3) is 0 Å². The van der Waals surface area contributed by atoms with Gasteiger partial charge in [0.1, 0.15) is 0 Å². The molecule has 316 valence electrons. The zero-order valence-electron chi connectivity index (χ0n) is 39.0. The molecular weight excluding hydrogens is 777 g/mol. The van der Waals surface area contributed by atoms with Crippen LogP contribution in [0.2, 0.25) is 0 Å². The third kappa shape index (κ3) is 8.32. The monoisotopic (exact) mass is 838 g/mol. The first kappa shape index (κ1) is 43.6. The van der Waals surface area contributed by atoms with Gasteiger partial charge >= 0.3 is 0 Å². The molecule has 0 atom stereocenters. The van der Waals surface area contributed by atoms with Gasteiger partial charge in [-0.05, 0) is 137 Å². The molecule has 63 heavy (non-hydrogen) atoms. The zero-order valence-corrected chi connectivity index (χ0v) is 39.9. The van der Waals surface area contributed by atoms with E-state index in [1.54, 1.807) is 11.3 Å². The average molecular weight is 839 g/mol. The van der Waals surface area contributed by atoms with Gasteiger partial charge in [-0.1, -0.05) is 210 Å². The second kappa shape index (κ2) is 17.6. The molecule has 0 unspecified atom stereocenters. The van der Waals surface area contributed by atoms with Gasteiger partial charge in [-0.3, -0.25) is 0 Å². The van der Waals surface area contributed by atoms with Gasteiger partial charge in [0.2, 0.25) is 0 Å². The fourth-order valence-corrected chi connectivity index (χ4v) is 11.1. The molecule has 0 saturated heterocycles. The van der Waals surface area contributed by atoms with E-state index in [0.29, 0.717) is 0 Å². The van der Waals surface area contributed by atoms with Crippen LogP contribution in [0, 0.1) is 27.7 Å². The summed E-state index contributed by atoms with van der Waals surface area (Å²) < 4.78 is 1.32. The molecule has 10 rings (SSSR count). The summed E-state index contributed by atoms with van der Waals surface area (Å²) in [4.78, 5) is 1.24. The molecule has 0 N–H and O–H groups in total. The Labute approximate surface area is 381 Å². The largest absolute Gasteiger partial charge is 0.135 e. The van der Waals surface area contributed by atoms with Crippen LogP contribution in [0.5, 0.6) is 0 Å². The summed E-state index contributed by atoms with van der Waals surface area (Å²) in [6.45, 7) is 26.3. The third-order valence-corrected chi connectivity index (χ3v) is 14.5. The van der Waals surface area contributed by atoms with E-state index in [1.165, 1.54) is 128 Å². The van der Waals surface area contributed by atoms with Gasteiger partial charge in [0, 0.05) is 25.8 Å². The Morgan fingerprint density at radius 1 is 0.540 bits per heavy atom. The predicted molar refractivity (Wildman–Crippen MR) is 278 cm³/mol. The lowest BCUT2D eigenvalue weighted by Crippen LogP contribution is -2.15. The number of allylic oxidation sites excluding steroid dienone is 1. The Hall–Kier alpha value is -6.02. The first-order valence-electron chi connectivity index (χ1n) is 22.7. The van der Waals surface area contributed by atoms with Crippen LogP contribution in [0.15, 0.2) is 152 Å². The molecule has 2 aliphatic rings. The number of fused-ring (bicyclic) bond motifs is 7. The Kier molecular flexibility index (Phi) is 12.2. The molecule has 1 aromatic heterocycles. The summed E-state index contributed by atoms with van der Waals surface area (Å²) in [6.07, 6.45) is 8.60. The molecule has 0 amide bonds. The molecule has 0 saturated carbocycles.